The van der Waals surface area contributed by atoms with Crippen LogP contribution in [0.15, 0.2) is 35.4 Å². The number of nitrogens with zero attached hydrogens (tertiary/aromatic N) is 2. The fraction of sp³-hybridized carbons (Fsp3) is 0.167. The summed E-state index contributed by atoms with van der Waals surface area (Å²) < 4.78 is 26.7. The van der Waals surface area contributed by atoms with Gasteiger partial charge in [-0.1, -0.05) is 0 Å². The van der Waals surface area contributed by atoms with E-state index < -0.39 is 10.0 Å². The largest absolute Gasteiger partial charge is 0.384 e. The molecule has 2 rings (SSSR count). The SMILES string of the molecule is Cc1cc(C)nc(NS(=O)(=O)c2ccnc(N)c2)c1. The molecule has 0 radical (unpaired) electrons. The van der Waals surface area contributed by atoms with E-state index in [4.69, 9.17) is 5.73 Å². The molecule has 0 aromatic carbocycles. The zero-order valence-electron chi connectivity index (χ0n) is 10.6. The van der Waals surface area contributed by atoms with Crippen LogP contribution in [0.4, 0.5) is 11.6 Å². The van der Waals surface area contributed by atoms with Crippen LogP contribution in [0, 0.1) is 13.8 Å². The number of nitrogen functional groups attached to an aromatic ring is 1. The highest BCUT2D eigenvalue weighted by Crippen LogP contribution is 2.16. The summed E-state index contributed by atoms with van der Waals surface area (Å²) in [7, 11) is -3.70. The molecule has 0 saturated carbocycles. The summed E-state index contributed by atoms with van der Waals surface area (Å²) in [5.74, 6) is 0.434. The number of rotatable bonds is 3. The first-order chi connectivity index (χ1) is 8.87. The third kappa shape index (κ3) is 3.19. The molecule has 19 heavy (non-hydrogen) atoms. The lowest BCUT2D eigenvalue weighted by Gasteiger charge is -2.09. The van der Waals surface area contributed by atoms with Gasteiger partial charge in [0.15, 0.2) is 0 Å². The summed E-state index contributed by atoms with van der Waals surface area (Å²) in [5, 5.41) is 0. The summed E-state index contributed by atoms with van der Waals surface area (Å²) in [6, 6.07) is 6.20. The molecule has 7 heteroatoms. The lowest BCUT2D eigenvalue weighted by Crippen LogP contribution is -2.14. The van der Waals surface area contributed by atoms with Crippen molar-refractivity contribution < 1.29 is 8.42 Å². The van der Waals surface area contributed by atoms with Crippen LogP contribution in [-0.4, -0.2) is 18.4 Å². The molecule has 0 unspecified atom stereocenters. The van der Waals surface area contributed by atoms with Crippen molar-refractivity contribution in [2.24, 2.45) is 0 Å². The molecule has 0 saturated heterocycles. The Morgan fingerprint density at radius 1 is 1.21 bits per heavy atom. The van der Waals surface area contributed by atoms with Gasteiger partial charge in [0.05, 0.1) is 4.90 Å². The smallest absolute Gasteiger partial charge is 0.263 e. The number of sulfonamides is 1. The molecule has 0 aliphatic rings. The first-order valence-corrected chi connectivity index (χ1v) is 7.05. The Morgan fingerprint density at radius 2 is 1.95 bits per heavy atom. The van der Waals surface area contributed by atoms with Gasteiger partial charge in [-0.3, -0.25) is 4.72 Å². The maximum absolute atomic E-state index is 12.1. The van der Waals surface area contributed by atoms with Crippen molar-refractivity contribution in [3.8, 4) is 0 Å². The molecule has 0 atom stereocenters. The van der Waals surface area contributed by atoms with Gasteiger partial charge in [-0.15, -0.1) is 0 Å². The van der Waals surface area contributed by atoms with Gasteiger partial charge in [0.2, 0.25) is 0 Å². The third-order valence-corrected chi connectivity index (χ3v) is 3.75. The summed E-state index contributed by atoms with van der Waals surface area (Å²) in [6.07, 6.45) is 1.35. The minimum Gasteiger partial charge on any atom is -0.384 e. The van der Waals surface area contributed by atoms with Gasteiger partial charge < -0.3 is 5.73 Å². The summed E-state index contributed by atoms with van der Waals surface area (Å²) in [6.45, 7) is 3.67. The van der Waals surface area contributed by atoms with E-state index in [1.165, 1.54) is 18.3 Å². The van der Waals surface area contributed by atoms with Crippen molar-refractivity contribution in [2.45, 2.75) is 18.7 Å². The zero-order valence-corrected chi connectivity index (χ0v) is 11.4. The van der Waals surface area contributed by atoms with Gasteiger partial charge >= 0.3 is 0 Å². The first kappa shape index (κ1) is 13.3. The van der Waals surface area contributed by atoms with Crippen molar-refractivity contribution in [3.63, 3.8) is 0 Å². The van der Waals surface area contributed by atoms with E-state index in [9.17, 15) is 8.42 Å². The second-order valence-electron chi connectivity index (χ2n) is 4.19. The van der Waals surface area contributed by atoms with E-state index in [-0.39, 0.29) is 16.5 Å². The number of anilines is 2. The van der Waals surface area contributed by atoms with Crippen LogP contribution in [0.3, 0.4) is 0 Å². The third-order valence-electron chi connectivity index (χ3n) is 2.40. The van der Waals surface area contributed by atoms with Crippen LogP contribution in [0.25, 0.3) is 0 Å². The lowest BCUT2D eigenvalue weighted by atomic mass is 10.2. The average Bonchev–Trinajstić information content (AvgIpc) is 2.26. The highest BCUT2D eigenvalue weighted by atomic mass is 32.2. The Kier molecular flexibility index (Phi) is 3.39. The molecule has 0 aliphatic carbocycles. The van der Waals surface area contributed by atoms with Gasteiger partial charge in [0.25, 0.3) is 10.0 Å². The molecular formula is C12H14N4O2S. The van der Waals surface area contributed by atoms with E-state index >= 15 is 0 Å². The van der Waals surface area contributed by atoms with Gasteiger partial charge in [0.1, 0.15) is 11.6 Å². The van der Waals surface area contributed by atoms with Crippen LogP contribution < -0.4 is 10.5 Å². The molecule has 2 aromatic rings. The normalized spacial score (nSPS) is 11.3. The van der Waals surface area contributed by atoms with E-state index in [2.05, 4.69) is 14.7 Å². The standard InChI is InChI=1S/C12H14N4O2S/c1-8-5-9(2)15-12(6-8)16-19(17,18)10-3-4-14-11(13)7-10/h3-7H,1-2H3,(H2,13,14)(H,15,16). The van der Waals surface area contributed by atoms with Crippen molar-refractivity contribution in [2.75, 3.05) is 10.5 Å². The highest BCUT2D eigenvalue weighted by molar-refractivity contribution is 7.92. The Labute approximate surface area is 111 Å². The average molecular weight is 278 g/mol. The Bertz CT molecular complexity index is 693. The number of hydrogen-bond acceptors (Lipinski definition) is 5. The number of hydrogen-bond donors (Lipinski definition) is 2. The first-order valence-electron chi connectivity index (χ1n) is 5.56. The second kappa shape index (κ2) is 4.85. The summed E-state index contributed by atoms with van der Waals surface area (Å²) in [5.41, 5.74) is 7.15. The molecule has 2 heterocycles. The number of pyridine rings is 2. The molecule has 6 nitrogen and oxygen atoms in total. The predicted molar refractivity (Wildman–Crippen MR) is 73.2 cm³/mol. The molecular weight excluding hydrogens is 264 g/mol. The molecule has 0 bridgehead atoms. The Balaban J connectivity index is 2.36. The maximum atomic E-state index is 12.1. The quantitative estimate of drug-likeness (QED) is 0.886. The van der Waals surface area contributed by atoms with Crippen molar-refractivity contribution in [1.29, 1.82) is 0 Å². The fourth-order valence-corrected chi connectivity index (χ4v) is 2.70. The zero-order chi connectivity index (χ0) is 14.0. The molecule has 100 valence electrons. The minimum absolute atomic E-state index is 0.0564. The summed E-state index contributed by atoms with van der Waals surface area (Å²) in [4.78, 5) is 7.94. The van der Waals surface area contributed by atoms with E-state index in [0.717, 1.165) is 11.3 Å². The highest BCUT2D eigenvalue weighted by Gasteiger charge is 2.15. The molecule has 3 N–H and O–H groups in total. The Morgan fingerprint density at radius 3 is 2.58 bits per heavy atom. The Hall–Kier alpha value is -2.15. The molecule has 0 fully saturated rings. The monoisotopic (exact) mass is 278 g/mol. The van der Waals surface area contributed by atoms with Crippen molar-refractivity contribution in [3.05, 3.63) is 41.7 Å². The van der Waals surface area contributed by atoms with Crippen molar-refractivity contribution in [1.82, 2.24) is 9.97 Å². The van der Waals surface area contributed by atoms with Crippen LogP contribution in [-0.2, 0) is 10.0 Å². The van der Waals surface area contributed by atoms with Gasteiger partial charge in [-0.05, 0) is 37.6 Å². The van der Waals surface area contributed by atoms with Gasteiger partial charge in [-0.25, -0.2) is 18.4 Å². The van der Waals surface area contributed by atoms with Crippen LogP contribution >= 0.6 is 0 Å². The van der Waals surface area contributed by atoms with Crippen molar-refractivity contribution >= 4 is 21.7 Å². The van der Waals surface area contributed by atoms with Crippen LogP contribution in [0.5, 0.6) is 0 Å². The molecule has 0 amide bonds. The maximum Gasteiger partial charge on any atom is 0.263 e. The number of nitrogens with one attached hydrogen (secondary N) is 1. The van der Waals surface area contributed by atoms with Crippen LogP contribution in [0.2, 0.25) is 0 Å². The second-order valence-corrected chi connectivity index (χ2v) is 5.88. The minimum atomic E-state index is -3.70. The predicted octanol–water partition coefficient (Wildman–Crippen LogP) is 1.48. The van der Waals surface area contributed by atoms with E-state index in [1.807, 2.05) is 13.0 Å². The van der Waals surface area contributed by atoms with E-state index in [0.29, 0.717) is 0 Å². The van der Waals surface area contributed by atoms with E-state index in [1.54, 1.807) is 13.0 Å². The number of aryl methyl sites for hydroxylation is 2. The fourth-order valence-electron chi connectivity index (χ4n) is 1.69. The molecule has 2 aromatic heterocycles. The number of aromatic nitrogens is 2. The number of nitrogens with two attached hydrogens (primary N) is 1. The molecule has 0 aliphatic heterocycles. The van der Waals surface area contributed by atoms with Gasteiger partial charge in [-0.2, -0.15) is 0 Å². The summed E-state index contributed by atoms with van der Waals surface area (Å²) >= 11 is 0. The van der Waals surface area contributed by atoms with Crippen LogP contribution in [0.1, 0.15) is 11.3 Å². The topological polar surface area (TPSA) is 98.0 Å². The molecule has 0 spiro atoms. The lowest BCUT2D eigenvalue weighted by molar-refractivity contribution is 0.601. The van der Waals surface area contributed by atoms with Gasteiger partial charge in [0, 0.05) is 18.0 Å².